The summed E-state index contributed by atoms with van der Waals surface area (Å²) in [6.07, 6.45) is 2.98. The van der Waals surface area contributed by atoms with E-state index >= 15 is 0 Å². The normalized spacial score (nSPS) is 10.3. The lowest BCUT2D eigenvalue weighted by Gasteiger charge is -2.10. The Morgan fingerprint density at radius 1 is 1.11 bits per heavy atom. The van der Waals surface area contributed by atoms with E-state index < -0.39 is 11.9 Å². The van der Waals surface area contributed by atoms with Gasteiger partial charge in [0.1, 0.15) is 18.4 Å². The van der Waals surface area contributed by atoms with E-state index in [0.29, 0.717) is 11.3 Å². The van der Waals surface area contributed by atoms with E-state index in [0.717, 1.165) is 11.3 Å². The van der Waals surface area contributed by atoms with Gasteiger partial charge >= 0.3 is 5.97 Å². The molecule has 0 aliphatic carbocycles. The lowest BCUT2D eigenvalue weighted by atomic mass is 10.2. The predicted molar refractivity (Wildman–Crippen MR) is 96.5 cm³/mol. The summed E-state index contributed by atoms with van der Waals surface area (Å²) in [5.41, 5.74) is 1.94. The van der Waals surface area contributed by atoms with Gasteiger partial charge in [0, 0.05) is 12.1 Å². The zero-order valence-electron chi connectivity index (χ0n) is 14.7. The summed E-state index contributed by atoms with van der Waals surface area (Å²) < 4.78 is 11.8. The van der Waals surface area contributed by atoms with Crippen LogP contribution in [0, 0.1) is 0 Å². The van der Waals surface area contributed by atoms with Crippen molar-refractivity contribution in [3.63, 3.8) is 0 Å². The molecule has 1 heterocycles. The Balaban J connectivity index is 1.49. The van der Waals surface area contributed by atoms with Crippen molar-refractivity contribution in [3.8, 4) is 11.4 Å². The van der Waals surface area contributed by atoms with Gasteiger partial charge in [-0.1, -0.05) is 18.2 Å². The first kappa shape index (κ1) is 18.1. The third-order valence-corrected chi connectivity index (χ3v) is 3.79. The molecule has 1 amide bonds. The second kappa shape index (κ2) is 8.61. The predicted octanol–water partition coefficient (Wildman–Crippen LogP) is 1.75. The van der Waals surface area contributed by atoms with E-state index in [2.05, 4.69) is 15.4 Å². The maximum Gasteiger partial charge on any atom is 0.338 e. The molecule has 3 rings (SSSR count). The number of esters is 1. The molecule has 0 bridgehead atoms. The summed E-state index contributed by atoms with van der Waals surface area (Å²) in [6, 6.07) is 14.0. The van der Waals surface area contributed by atoms with Crippen molar-refractivity contribution < 1.29 is 19.1 Å². The van der Waals surface area contributed by atoms with Crippen LogP contribution in [0.4, 0.5) is 0 Å². The van der Waals surface area contributed by atoms with Gasteiger partial charge < -0.3 is 14.8 Å². The molecule has 2 aromatic carbocycles. The summed E-state index contributed by atoms with van der Waals surface area (Å²) in [5.74, 6) is -0.289. The number of para-hydroxylation sites is 1. The summed E-state index contributed by atoms with van der Waals surface area (Å²) in [4.78, 5) is 27.8. The molecule has 0 radical (unpaired) electrons. The van der Waals surface area contributed by atoms with Crippen LogP contribution >= 0.6 is 0 Å². The van der Waals surface area contributed by atoms with Crippen LogP contribution in [0.5, 0.6) is 5.75 Å². The minimum absolute atomic E-state index is 0.285. The van der Waals surface area contributed by atoms with E-state index in [-0.39, 0.29) is 13.2 Å². The van der Waals surface area contributed by atoms with Crippen molar-refractivity contribution in [2.24, 2.45) is 0 Å². The first-order chi connectivity index (χ1) is 13.2. The number of carbonyl (C=O) groups is 2. The van der Waals surface area contributed by atoms with Gasteiger partial charge in [-0.2, -0.15) is 5.10 Å². The first-order valence-electron chi connectivity index (χ1n) is 8.18. The lowest BCUT2D eigenvalue weighted by molar-refractivity contribution is -0.124. The Morgan fingerprint density at radius 3 is 2.59 bits per heavy atom. The molecule has 8 heteroatoms. The van der Waals surface area contributed by atoms with E-state index in [1.54, 1.807) is 42.4 Å². The SMILES string of the molecule is COc1ccccc1CNC(=O)COC(=O)c1ccc(-n2cncn2)cc1. The molecule has 0 spiro atoms. The molecule has 0 fully saturated rings. The number of nitrogens with zero attached hydrogens (tertiary/aromatic N) is 3. The largest absolute Gasteiger partial charge is 0.496 e. The smallest absolute Gasteiger partial charge is 0.338 e. The number of methoxy groups -OCH3 is 1. The number of hydrogen-bond acceptors (Lipinski definition) is 6. The zero-order chi connectivity index (χ0) is 19.1. The maximum absolute atomic E-state index is 12.1. The number of ether oxygens (including phenoxy) is 2. The van der Waals surface area contributed by atoms with E-state index in [9.17, 15) is 9.59 Å². The minimum atomic E-state index is -0.576. The molecule has 27 heavy (non-hydrogen) atoms. The average molecular weight is 366 g/mol. The van der Waals surface area contributed by atoms with Gasteiger partial charge in [-0.3, -0.25) is 4.79 Å². The topological polar surface area (TPSA) is 95.3 Å². The number of benzene rings is 2. The fraction of sp³-hybridized carbons (Fsp3) is 0.158. The second-order valence-electron chi connectivity index (χ2n) is 5.55. The minimum Gasteiger partial charge on any atom is -0.496 e. The molecule has 8 nitrogen and oxygen atoms in total. The van der Waals surface area contributed by atoms with Crippen LogP contribution in [0.25, 0.3) is 5.69 Å². The Labute approximate surface area is 155 Å². The Kier molecular flexibility index (Phi) is 5.78. The average Bonchev–Trinajstić information content (AvgIpc) is 3.25. The third-order valence-electron chi connectivity index (χ3n) is 3.79. The van der Waals surface area contributed by atoms with Crippen LogP contribution in [-0.2, 0) is 16.1 Å². The molecule has 0 unspecified atom stereocenters. The molecule has 0 aliphatic rings. The first-order valence-corrected chi connectivity index (χ1v) is 8.18. The van der Waals surface area contributed by atoms with E-state index in [4.69, 9.17) is 9.47 Å². The van der Waals surface area contributed by atoms with Crippen LogP contribution in [0.1, 0.15) is 15.9 Å². The fourth-order valence-corrected chi connectivity index (χ4v) is 2.40. The molecule has 0 saturated carbocycles. The van der Waals surface area contributed by atoms with Crippen LogP contribution in [0.2, 0.25) is 0 Å². The Morgan fingerprint density at radius 2 is 1.89 bits per heavy atom. The zero-order valence-corrected chi connectivity index (χ0v) is 14.7. The molecular weight excluding hydrogens is 348 g/mol. The van der Waals surface area contributed by atoms with Crippen LogP contribution in [0.15, 0.2) is 61.2 Å². The van der Waals surface area contributed by atoms with Crippen molar-refractivity contribution in [2.75, 3.05) is 13.7 Å². The third kappa shape index (κ3) is 4.69. The van der Waals surface area contributed by atoms with E-state index in [1.165, 1.54) is 6.33 Å². The monoisotopic (exact) mass is 366 g/mol. The summed E-state index contributed by atoms with van der Waals surface area (Å²) in [7, 11) is 1.57. The quantitative estimate of drug-likeness (QED) is 0.640. The number of aromatic nitrogens is 3. The number of amides is 1. The highest BCUT2D eigenvalue weighted by Crippen LogP contribution is 2.16. The van der Waals surface area contributed by atoms with Gasteiger partial charge in [-0.05, 0) is 30.3 Å². The van der Waals surface area contributed by atoms with Crippen LogP contribution in [0.3, 0.4) is 0 Å². The lowest BCUT2D eigenvalue weighted by Crippen LogP contribution is -2.28. The molecule has 3 aromatic rings. The molecule has 1 aromatic heterocycles. The highest BCUT2D eigenvalue weighted by molar-refractivity contribution is 5.91. The second-order valence-corrected chi connectivity index (χ2v) is 5.55. The van der Waals surface area contributed by atoms with Crippen LogP contribution < -0.4 is 10.1 Å². The Bertz CT molecular complexity index is 908. The van der Waals surface area contributed by atoms with Crippen molar-refractivity contribution in [1.82, 2.24) is 20.1 Å². The van der Waals surface area contributed by atoms with Gasteiger partial charge in [-0.25, -0.2) is 14.5 Å². The van der Waals surface area contributed by atoms with Gasteiger partial charge in [0.05, 0.1) is 18.4 Å². The molecule has 0 saturated heterocycles. The van der Waals surface area contributed by atoms with Crippen molar-refractivity contribution in [3.05, 3.63) is 72.3 Å². The Hall–Kier alpha value is -3.68. The fourth-order valence-electron chi connectivity index (χ4n) is 2.40. The summed E-state index contributed by atoms with van der Waals surface area (Å²) in [6.45, 7) is -0.0776. The maximum atomic E-state index is 12.1. The van der Waals surface area contributed by atoms with Gasteiger partial charge in [-0.15, -0.1) is 0 Å². The standard InChI is InChI=1S/C19H18N4O4/c1-26-17-5-3-2-4-15(17)10-21-18(24)11-27-19(25)14-6-8-16(9-7-14)23-13-20-12-22-23/h2-9,12-13H,10-11H2,1H3,(H,21,24). The van der Waals surface area contributed by atoms with Gasteiger partial charge in [0.25, 0.3) is 5.91 Å². The molecule has 1 N–H and O–H groups in total. The van der Waals surface area contributed by atoms with Crippen molar-refractivity contribution in [2.45, 2.75) is 6.54 Å². The van der Waals surface area contributed by atoms with E-state index in [1.807, 2.05) is 24.3 Å². The summed E-state index contributed by atoms with van der Waals surface area (Å²) >= 11 is 0. The van der Waals surface area contributed by atoms with Gasteiger partial charge in [0.2, 0.25) is 0 Å². The molecule has 0 aliphatic heterocycles. The highest BCUT2D eigenvalue weighted by atomic mass is 16.5. The van der Waals surface area contributed by atoms with Crippen LogP contribution in [-0.4, -0.2) is 40.4 Å². The number of hydrogen-bond donors (Lipinski definition) is 1. The summed E-state index contributed by atoms with van der Waals surface area (Å²) in [5, 5.41) is 6.70. The molecular formula is C19H18N4O4. The number of nitrogens with one attached hydrogen (secondary N) is 1. The number of carbonyl (C=O) groups excluding carboxylic acids is 2. The highest BCUT2D eigenvalue weighted by Gasteiger charge is 2.11. The number of rotatable bonds is 7. The molecule has 0 atom stereocenters. The van der Waals surface area contributed by atoms with Crippen molar-refractivity contribution >= 4 is 11.9 Å². The van der Waals surface area contributed by atoms with Gasteiger partial charge in [0.15, 0.2) is 6.61 Å². The van der Waals surface area contributed by atoms with Crippen molar-refractivity contribution in [1.29, 1.82) is 0 Å². The molecule has 138 valence electrons.